The summed E-state index contributed by atoms with van der Waals surface area (Å²) in [5.41, 5.74) is 0. The summed E-state index contributed by atoms with van der Waals surface area (Å²) in [4.78, 5) is 0.286. The molecule has 18 heavy (non-hydrogen) atoms. The molecule has 1 aromatic carbocycles. The van der Waals surface area contributed by atoms with Crippen molar-refractivity contribution >= 4 is 21.4 Å². The fourth-order valence-corrected chi connectivity index (χ4v) is 2.53. The Morgan fingerprint density at radius 1 is 1.33 bits per heavy atom. The van der Waals surface area contributed by atoms with E-state index in [-0.39, 0.29) is 4.90 Å². The fourth-order valence-electron chi connectivity index (χ4n) is 1.50. The van der Waals surface area contributed by atoms with E-state index in [0.717, 1.165) is 12.8 Å². The molecule has 5 heteroatoms. The summed E-state index contributed by atoms with van der Waals surface area (Å²) in [6, 6.07) is 6.58. The summed E-state index contributed by atoms with van der Waals surface area (Å²) in [6.07, 6.45) is 3.07. The van der Waals surface area contributed by atoms with Crippen LogP contribution in [0, 0.1) is 5.92 Å². The van der Waals surface area contributed by atoms with Crippen LogP contribution in [0.1, 0.15) is 19.8 Å². The van der Waals surface area contributed by atoms with Gasteiger partial charge in [0.1, 0.15) is 5.75 Å². The van der Waals surface area contributed by atoms with Crippen LogP contribution in [0.4, 0.5) is 0 Å². The third kappa shape index (κ3) is 5.27. The second-order valence-corrected chi connectivity index (χ2v) is 6.86. The lowest BCUT2D eigenvalue weighted by Crippen LogP contribution is -2.05. The maximum atomic E-state index is 11.4. The molecule has 0 saturated carbocycles. The first-order chi connectivity index (χ1) is 8.43. The summed E-state index contributed by atoms with van der Waals surface area (Å²) in [7, 11) is -3.17. The van der Waals surface area contributed by atoms with Gasteiger partial charge in [0.15, 0.2) is 9.84 Å². The van der Waals surface area contributed by atoms with Gasteiger partial charge in [-0.2, -0.15) is 0 Å². The molecule has 0 fully saturated rings. The summed E-state index contributed by atoms with van der Waals surface area (Å²) >= 11 is 5.66. The minimum Gasteiger partial charge on any atom is -0.494 e. The molecule has 1 atom stereocenters. The van der Waals surface area contributed by atoms with Crippen LogP contribution in [0.3, 0.4) is 0 Å². The molecule has 102 valence electrons. The summed E-state index contributed by atoms with van der Waals surface area (Å²) in [5.74, 6) is 1.77. The van der Waals surface area contributed by atoms with E-state index >= 15 is 0 Å². The van der Waals surface area contributed by atoms with E-state index in [4.69, 9.17) is 16.3 Å². The van der Waals surface area contributed by atoms with Crippen LogP contribution >= 0.6 is 11.6 Å². The van der Waals surface area contributed by atoms with E-state index < -0.39 is 9.84 Å². The Morgan fingerprint density at radius 2 is 2.06 bits per heavy atom. The molecule has 0 spiro atoms. The number of benzene rings is 1. The molecule has 3 nitrogen and oxygen atoms in total. The van der Waals surface area contributed by atoms with Crippen molar-refractivity contribution in [1.82, 2.24) is 0 Å². The van der Waals surface area contributed by atoms with Gasteiger partial charge in [-0.1, -0.05) is 13.0 Å². The molecule has 0 aliphatic rings. The lowest BCUT2D eigenvalue weighted by molar-refractivity contribution is 0.281. The van der Waals surface area contributed by atoms with Crippen LogP contribution in [0.25, 0.3) is 0 Å². The van der Waals surface area contributed by atoms with E-state index in [1.54, 1.807) is 24.3 Å². The second kappa shape index (κ2) is 7.00. The highest BCUT2D eigenvalue weighted by atomic mass is 35.5. The lowest BCUT2D eigenvalue weighted by Gasteiger charge is -2.11. The Kier molecular flexibility index (Phi) is 5.96. The zero-order chi connectivity index (χ0) is 13.6. The summed E-state index contributed by atoms with van der Waals surface area (Å²) in [6.45, 7) is 2.70. The quantitative estimate of drug-likeness (QED) is 0.725. The Hall–Kier alpha value is -0.740. The molecule has 1 rings (SSSR count). The molecular weight excluding hydrogens is 272 g/mol. The van der Waals surface area contributed by atoms with Crippen molar-refractivity contribution in [3.63, 3.8) is 0 Å². The average Bonchev–Trinajstić information content (AvgIpc) is 2.29. The van der Waals surface area contributed by atoms with Crippen molar-refractivity contribution in [3.05, 3.63) is 24.3 Å². The van der Waals surface area contributed by atoms with Crippen LogP contribution < -0.4 is 4.74 Å². The molecular formula is C13H19ClO3S. The molecule has 0 radical (unpaired) electrons. The third-order valence-electron chi connectivity index (χ3n) is 2.71. The van der Waals surface area contributed by atoms with Crippen molar-refractivity contribution in [2.24, 2.45) is 5.92 Å². The maximum Gasteiger partial charge on any atom is 0.175 e. The molecule has 0 heterocycles. The SMILES string of the molecule is CC(CCCl)CCOc1cccc(S(C)(=O)=O)c1. The molecule has 1 aromatic rings. The van der Waals surface area contributed by atoms with Crippen molar-refractivity contribution in [3.8, 4) is 5.75 Å². The van der Waals surface area contributed by atoms with Crippen LogP contribution in [-0.4, -0.2) is 27.2 Å². The zero-order valence-corrected chi connectivity index (χ0v) is 12.3. The number of alkyl halides is 1. The van der Waals surface area contributed by atoms with E-state index in [1.165, 1.54) is 6.26 Å². The summed E-state index contributed by atoms with van der Waals surface area (Å²) < 4.78 is 28.3. The molecule has 0 aromatic heterocycles. The van der Waals surface area contributed by atoms with Crippen LogP contribution in [-0.2, 0) is 9.84 Å². The molecule has 0 aliphatic carbocycles. The van der Waals surface area contributed by atoms with Gasteiger partial charge in [0, 0.05) is 12.1 Å². The van der Waals surface area contributed by atoms with E-state index in [9.17, 15) is 8.42 Å². The van der Waals surface area contributed by atoms with Gasteiger partial charge >= 0.3 is 0 Å². The minimum atomic E-state index is -3.17. The molecule has 0 bridgehead atoms. The van der Waals surface area contributed by atoms with Gasteiger partial charge in [-0.15, -0.1) is 11.6 Å². The average molecular weight is 291 g/mol. The highest BCUT2D eigenvalue weighted by molar-refractivity contribution is 7.90. The van der Waals surface area contributed by atoms with Gasteiger partial charge in [0.25, 0.3) is 0 Å². The molecule has 0 saturated heterocycles. The first-order valence-corrected chi connectivity index (χ1v) is 8.35. The van der Waals surface area contributed by atoms with Crippen LogP contribution in [0.5, 0.6) is 5.75 Å². The smallest absolute Gasteiger partial charge is 0.175 e. The first kappa shape index (κ1) is 15.3. The van der Waals surface area contributed by atoms with Gasteiger partial charge < -0.3 is 4.74 Å². The molecule has 0 amide bonds. The third-order valence-corrected chi connectivity index (χ3v) is 4.04. The Bertz CT molecular complexity index is 471. The van der Waals surface area contributed by atoms with Gasteiger partial charge in [-0.05, 0) is 37.0 Å². The summed E-state index contributed by atoms with van der Waals surface area (Å²) in [5, 5.41) is 0. The van der Waals surface area contributed by atoms with Crippen LogP contribution in [0.2, 0.25) is 0 Å². The van der Waals surface area contributed by atoms with Crippen molar-refractivity contribution in [1.29, 1.82) is 0 Å². The van der Waals surface area contributed by atoms with E-state index in [2.05, 4.69) is 6.92 Å². The number of halogens is 1. The van der Waals surface area contributed by atoms with Gasteiger partial charge in [-0.25, -0.2) is 8.42 Å². The first-order valence-electron chi connectivity index (χ1n) is 5.92. The van der Waals surface area contributed by atoms with Gasteiger partial charge in [-0.3, -0.25) is 0 Å². The van der Waals surface area contributed by atoms with Gasteiger partial charge in [0.2, 0.25) is 0 Å². The number of hydrogen-bond acceptors (Lipinski definition) is 3. The Labute approximate surface area is 114 Å². The standard InChI is InChI=1S/C13H19ClO3S/c1-11(6-8-14)7-9-17-12-4-3-5-13(10-12)18(2,15)16/h3-5,10-11H,6-9H2,1-2H3. The largest absolute Gasteiger partial charge is 0.494 e. The number of hydrogen-bond donors (Lipinski definition) is 0. The highest BCUT2D eigenvalue weighted by Gasteiger charge is 2.08. The van der Waals surface area contributed by atoms with Crippen molar-refractivity contribution in [2.75, 3.05) is 18.7 Å². The van der Waals surface area contributed by atoms with Gasteiger partial charge in [0.05, 0.1) is 11.5 Å². The zero-order valence-electron chi connectivity index (χ0n) is 10.7. The Morgan fingerprint density at radius 3 is 2.67 bits per heavy atom. The minimum absolute atomic E-state index is 0.286. The number of rotatable bonds is 7. The highest BCUT2D eigenvalue weighted by Crippen LogP contribution is 2.18. The Balaban J connectivity index is 2.53. The monoisotopic (exact) mass is 290 g/mol. The molecule has 1 unspecified atom stereocenters. The number of sulfone groups is 1. The van der Waals surface area contributed by atoms with E-state index in [0.29, 0.717) is 24.2 Å². The molecule has 0 N–H and O–H groups in total. The predicted molar refractivity (Wildman–Crippen MR) is 74.2 cm³/mol. The van der Waals surface area contributed by atoms with Crippen molar-refractivity contribution in [2.45, 2.75) is 24.7 Å². The second-order valence-electron chi connectivity index (χ2n) is 4.47. The normalized spacial score (nSPS) is 13.3. The molecule has 0 aliphatic heterocycles. The van der Waals surface area contributed by atoms with Crippen molar-refractivity contribution < 1.29 is 13.2 Å². The number of ether oxygens (including phenoxy) is 1. The lowest BCUT2D eigenvalue weighted by atomic mass is 10.1. The predicted octanol–water partition coefficient (Wildman–Crippen LogP) is 3.12. The fraction of sp³-hybridized carbons (Fsp3) is 0.538. The van der Waals surface area contributed by atoms with E-state index in [1.807, 2.05) is 0 Å². The maximum absolute atomic E-state index is 11.4. The van der Waals surface area contributed by atoms with Crippen LogP contribution in [0.15, 0.2) is 29.2 Å². The topological polar surface area (TPSA) is 43.4 Å².